The van der Waals surface area contributed by atoms with Crippen LogP contribution in [0.5, 0.6) is 0 Å². The predicted octanol–water partition coefficient (Wildman–Crippen LogP) is 3.94. The summed E-state index contributed by atoms with van der Waals surface area (Å²) in [7, 11) is 0. The molecule has 178 valence electrons. The molecule has 5 rings (SSSR count). The molecule has 4 aromatic rings. The number of amides is 1. The molecule has 1 saturated heterocycles. The Morgan fingerprint density at radius 1 is 0.971 bits per heavy atom. The lowest BCUT2D eigenvalue weighted by Gasteiger charge is -2.35. The highest BCUT2D eigenvalue weighted by atomic mass is 19.1. The van der Waals surface area contributed by atoms with Crippen molar-refractivity contribution in [1.82, 2.24) is 24.6 Å². The molecular formula is C26H24F2N6O. The Morgan fingerprint density at radius 3 is 2.40 bits per heavy atom. The van der Waals surface area contributed by atoms with Crippen molar-refractivity contribution in [2.45, 2.75) is 13.5 Å². The molecule has 0 N–H and O–H groups in total. The third kappa shape index (κ3) is 4.89. The van der Waals surface area contributed by atoms with Crippen LogP contribution in [-0.2, 0) is 11.3 Å². The molecule has 0 atom stereocenters. The summed E-state index contributed by atoms with van der Waals surface area (Å²) >= 11 is 0. The number of aromatic nitrogens is 4. The summed E-state index contributed by atoms with van der Waals surface area (Å²) in [6.45, 7) is 4.25. The lowest BCUT2D eigenvalue weighted by atomic mass is 10.1. The Kier molecular flexibility index (Phi) is 6.22. The summed E-state index contributed by atoms with van der Waals surface area (Å²) in [4.78, 5) is 21.9. The first-order valence-electron chi connectivity index (χ1n) is 11.4. The van der Waals surface area contributed by atoms with E-state index in [-0.39, 0.29) is 24.1 Å². The molecule has 2 aromatic carbocycles. The predicted molar refractivity (Wildman–Crippen MR) is 129 cm³/mol. The van der Waals surface area contributed by atoms with Crippen LogP contribution in [0.15, 0.2) is 67.0 Å². The second kappa shape index (κ2) is 9.61. The number of rotatable bonds is 5. The first-order chi connectivity index (χ1) is 17.0. The van der Waals surface area contributed by atoms with Crippen molar-refractivity contribution < 1.29 is 13.6 Å². The SMILES string of the molecule is Cc1cc(-c2cn(CC(=O)N3CCN(c4cccnn4)CC3)c(-c3ccc(F)cc3)n2)ccc1F. The number of nitrogens with zero attached hydrogens (tertiary/aromatic N) is 6. The van der Waals surface area contributed by atoms with Crippen LogP contribution in [0.1, 0.15) is 5.56 Å². The van der Waals surface area contributed by atoms with Crippen molar-refractivity contribution in [2.75, 3.05) is 31.1 Å². The number of halogens is 2. The van der Waals surface area contributed by atoms with Gasteiger partial charge < -0.3 is 14.4 Å². The maximum atomic E-state index is 13.8. The second-order valence-corrected chi connectivity index (χ2v) is 8.50. The normalized spacial score (nSPS) is 13.8. The number of hydrogen-bond donors (Lipinski definition) is 0. The average Bonchev–Trinajstić information content (AvgIpc) is 3.30. The van der Waals surface area contributed by atoms with Crippen molar-refractivity contribution >= 4 is 11.7 Å². The van der Waals surface area contributed by atoms with Gasteiger partial charge in [-0.05, 0) is 67.1 Å². The number of carbonyl (C=O) groups is 1. The van der Waals surface area contributed by atoms with Crippen molar-refractivity contribution in [3.05, 3.63) is 84.2 Å². The highest BCUT2D eigenvalue weighted by molar-refractivity contribution is 5.78. The van der Waals surface area contributed by atoms with E-state index in [2.05, 4.69) is 15.1 Å². The zero-order valence-corrected chi connectivity index (χ0v) is 19.2. The summed E-state index contributed by atoms with van der Waals surface area (Å²) in [5, 5.41) is 8.07. The molecule has 1 amide bonds. The molecule has 1 aliphatic rings. The minimum absolute atomic E-state index is 0.0357. The molecule has 0 spiro atoms. The van der Waals surface area contributed by atoms with Crippen molar-refractivity contribution in [2.24, 2.45) is 0 Å². The van der Waals surface area contributed by atoms with E-state index in [1.165, 1.54) is 18.2 Å². The van der Waals surface area contributed by atoms with E-state index in [4.69, 9.17) is 4.98 Å². The third-order valence-electron chi connectivity index (χ3n) is 6.15. The highest BCUT2D eigenvalue weighted by Gasteiger charge is 2.23. The molecule has 35 heavy (non-hydrogen) atoms. The third-order valence-corrected chi connectivity index (χ3v) is 6.15. The van der Waals surface area contributed by atoms with Crippen molar-refractivity contribution in [3.63, 3.8) is 0 Å². The summed E-state index contributed by atoms with van der Waals surface area (Å²) in [6.07, 6.45) is 3.42. The van der Waals surface area contributed by atoms with Crippen LogP contribution < -0.4 is 4.90 Å². The Morgan fingerprint density at radius 2 is 1.71 bits per heavy atom. The van der Waals surface area contributed by atoms with E-state index in [0.717, 1.165) is 11.4 Å². The number of hydrogen-bond acceptors (Lipinski definition) is 5. The minimum Gasteiger partial charge on any atom is -0.352 e. The molecule has 0 bridgehead atoms. The molecule has 2 aromatic heterocycles. The van der Waals surface area contributed by atoms with Crippen molar-refractivity contribution in [1.29, 1.82) is 0 Å². The minimum atomic E-state index is -0.349. The first kappa shape index (κ1) is 22.6. The molecule has 0 radical (unpaired) electrons. The number of carbonyl (C=O) groups excluding carboxylic acids is 1. The van der Waals surface area contributed by atoms with Gasteiger partial charge in [-0.15, -0.1) is 5.10 Å². The Balaban J connectivity index is 1.38. The van der Waals surface area contributed by atoms with Gasteiger partial charge >= 0.3 is 0 Å². The molecular weight excluding hydrogens is 450 g/mol. The average molecular weight is 475 g/mol. The van der Waals surface area contributed by atoms with Crippen LogP contribution in [0.3, 0.4) is 0 Å². The standard InChI is InChI=1S/C26H24F2N6O/c1-18-15-20(6-9-22(18)28)23-16-34(26(30-23)19-4-7-21(27)8-5-19)17-25(35)33-13-11-32(12-14-33)24-3-2-10-29-31-24/h2-10,15-16H,11-14,17H2,1H3. The van der Waals surface area contributed by atoms with Gasteiger partial charge in [0, 0.05) is 49.7 Å². The summed E-state index contributed by atoms with van der Waals surface area (Å²) < 4.78 is 29.1. The van der Waals surface area contributed by atoms with E-state index < -0.39 is 0 Å². The van der Waals surface area contributed by atoms with Gasteiger partial charge in [-0.25, -0.2) is 13.8 Å². The fourth-order valence-corrected chi connectivity index (χ4v) is 4.20. The smallest absolute Gasteiger partial charge is 0.242 e. The molecule has 7 nitrogen and oxygen atoms in total. The molecule has 9 heteroatoms. The van der Waals surface area contributed by atoms with E-state index >= 15 is 0 Å². The molecule has 3 heterocycles. The van der Waals surface area contributed by atoms with Crippen LogP contribution in [0, 0.1) is 18.6 Å². The number of imidazole rings is 1. The second-order valence-electron chi connectivity index (χ2n) is 8.50. The van der Waals surface area contributed by atoms with Gasteiger partial charge in [-0.1, -0.05) is 0 Å². The lowest BCUT2D eigenvalue weighted by Crippen LogP contribution is -2.49. The van der Waals surface area contributed by atoms with Crippen LogP contribution >= 0.6 is 0 Å². The molecule has 1 fully saturated rings. The highest BCUT2D eigenvalue weighted by Crippen LogP contribution is 2.27. The zero-order valence-electron chi connectivity index (χ0n) is 19.2. The Hall–Kier alpha value is -4.14. The van der Waals surface area contributed by atoms with Gasteiger partial charge in [-0.2, -0.15) is 5.10 Å². The number of benzene rings is 2. The van der Waals surface area contributed by atoms with Crippen LogP contribution in [-0.4, -0.2) is 56.7 Å². The van der Waals surface area contributed by atoms with Gasteiger partial charge in [-0.3, -0.25) is 4.79 Å². The van der Waals surface area contributed by atoms with Gasteiger partial charge in [0.1, 0.15) is 24.0 Å². The lowest BCUT2D eigenvalue weighted by molar-refractivity contribution is -0.132. The topological polar surface area (TPSA) is 67.2 Å². The molecule has 1 aliphatic heterocycles. The number of anilines is 1. The number of piperazine rings is 1. The van der Waals surface area contributed by atoms with Gasteiger partial charge in [0.25, 0.3) is 0 Å². The molecule has 0 saturated carbocycles. The maximum absolute atomic E-state index is 13.8. The summed E-state index contributed by atoms with van der Waals surface area (Å²) in [5.41, 5.74) is 2.57. The number of aryl methyl sites for hydroxylation is 1. The fourth-order valence-electron chi connectivity index (χ4n) is 4.20. The largest absolute Gasteiger partial charge is 0.352 e. The fraction of sp³-hybridized carbons (Fsp3) is 0.231. The monoisotopic (exact) mass is 474 g/mol. The van der Waals surface area contributed by atoms with E-state index in [9.17, 15) is 13.6 Å². The van der Waals surface area contributed by atoms with Gasteiger partial charge in [0.15, 0.2) is 5.82 Å². The quantitative estimate of drug-likeness (QED) is 0.438. The maximum Gasteiger partial charge on any atom is 0.242 e. The van der Waals surface area contributed by atoms with Gasteiger partial charge in [0.05, 0.1) is 5.69 Å². The molecule has 0 unspecified atom stereocenters. The summed E-state index contributed by atoms with van der Waals surface area (Å²) in [6, 6.07) is 14.5. The van der Waals surface area contributed by atoms with Crippen LogP contribution in [0.4, 0.5) is 14.6 Å². The van der Waals surface area contributed by atoms with E-state index in [1.54, 1.807) is 48.1 Å². The Bertz CT molecular complexity index is 1330. The first-order valence-corrected chi connectivity index (χ1v) is 11.4. The van der Waals surface area contributed by atoms with Crippen LogP contribution in [0.25, 0.3) is 22.6 Å². The van der Waals surface area contributed by atoms with Gasteiger partial charge in [0.2, 0.25) is 5.91 Å². The van der Waals surface area contributed by atoms with E-state index in [1.807, 2.05) is 17.0 Å². The molecule has 0 aliphatic carbocycles. The van der Waals surface area contributed by atoms with E-state index in [0.29, 0.717) is 48.8 Å². The van der Waals surface area contributed by atoms with Crippen molar-refractivity contribution in [3.8, 4) is 22.6 Å². The Labute approximate surface area is 201 Å². The van der Waals surface area contributed by atoms with Crippen LogP contribution in [0.2, 0.25) is 0 Å². The summed E-state index contributed by atoms with van der Waals surface area (Å²) in [5.74, 6) is 0.674. The zero-order chi connectivity index (χ0) is 24.4.